The highest BCUT2D eigenvalue weighted by molar-refractivity contribution is 7.89. The molecule has 6 rings (SSSR count). The molecule has 0 spiro atoms. The number of hydrogen-bond donors (Lipinski definition) is 2. The van der Waals surface area contributed by atoms with Crippen molar-refractivity contribution in [3.05, 3.63) is 17.5 Å². The number of carbonyl (C=O) groups is 1. The number of aromatic nitrogens is 1. The highest BCUT2D eigenvalue weighted by atomic mass is 32.2. The standard InChI is InChI=1S/C19H26N4O5S/c24-19(16-4-18(28-22-16)10-7-27-8-10)21-15-1-2-23(17-3-11(15)17)29(25,26)9-14-12-5-20-6-13(12)14/h4,10-15,17,20H,1-3,5-9H2,(H,21,24)/t11-,12?,13?,14?,15+,17-/m1/s1. The minimum Gasteiger partial charge on any atom is -0.380 e. The Hall–Kier alpha value is -1.49. The summed E-state index contributed by atoms with van der Waals surface area (Å²) in [5.41, 5.74) is 0.285. The van der Waals surface area contributed by atoms with Crippen LogP contribution in [-0.2, 0) is 14.8 Å². The summed E-state index contributed by atoms with van der Waals surface area (Å²) >= 11 is 0. The number of ether oxygens (including phenoxy) is 1. The lowest BCUT2D eigenvalue weighted by Gasteiger charge is -2.31. The predicted molar refractivity (Wildman–Crippen MR) is 102 cm³/mol. The highest BCUT2D eigenvalue weighted by Gasteiger charge is 2.58. The first-order valence-electron chi connectivity index (χ1n) is 10.6. The van der Waals surface area contributed by atoms with E-state index in [4.69, 9.17) is 9.26 Å². The molecule has 5 aliphatic rings. The zero-order chi connectivity index (χ0) is 19.8. The molecule has 0 radical (unpaired) electrons. The summed E-state index contributed by atoms with van der Waals surface area (Å²) in [4.78, 5) is 12.6. The van der Waals surface area contributed by atoms with Crippen molar-refractivity contribution in [3.63, 3.8) is 0 Å². The quantitative estimate of drug-likeness (QED) is 0.651. The van der Waals surface area contributed by atoms with E-state index >= 15 is 0 Å². The van der Waals surface area contributed by atoms with Crippen LogP contribution in [0.5, 0.6) is 0 Å². The summed E-state index contributed by atoms with van der Waals surface area (Å²) < 4.78 is 38.0. The van der Waals surface area contributed by atoms with E-state index in [1.807, 2.05) is 0 Å². The molecule has 0 aromatic carbocycles. The topological polar surface area (TPSA) is 114 Å². The molecule has 1 aromatic rings. The van der Waals surface area contributed by atoms with Crippen LogP contribution in [0.1, 0.15) is 35.0 Å². The van der Waals surface area contributed by atoms with Gasteiger partial charge in [-0.1, -0.05) is 5.16 Å². The lowest BCUT2D eigenvalue weighted by Crippen LogP contribution is -2.48. The molecule has 1 aromatic heterocycles. The van der Waals surface area contributed by atoms with Crippen molar-refractivity contribution in [2.24, 2.45) is 23.7 Å². The van der Waals surface area contributed by atoms with E-state index in [0.29, 0.717) is 49.7 Å². The molecule has 5 atom stereocenters. The van der Waals surface area contributed by atoms with Gasteiger partial charge in [0.2, 0.25) is 10.0 Å². The van der Waals surface area contributed by atoms with Crippen LogP contribution in [0.25, 0.3) is 0 Å². The van der Waals surface area contributed by atoms with Crippen molar-refractivity contribution in [2.45, 2.75) is 30.8 Å². The van der Waals surface area contributed by atoms with Crippen molar-refractivity contribution in [2.75, 3.05) is 38.6 Å². The van der Waals surface area contributed by atoms with Gasteiger partial charge in [0.15, 0.2) is 5.69 Å². The van der Waals surface area contributed by atoms with E-state index in [2.05, 4.69) is 15.8 Å². The zero-order valence-corrected chi connectivity index (χ0v) is 16.9. The number of carbonyl (C=O) groups excluding carboxylic acids is 1. The Balaban J connectivity index is 1.05. The molecule has 3 saturated heterocycles. The minimum atomic E-state index is -3.22. The van der Waals surface area contributed by atoms with Gasteiger partial charge in [-0.25, -0.2) is 8.42 Å². The van der Waals surface area contributed by atoms with Gasteiger partial charge in [0, 0.05) is 24.7 Å². The van der Waals surface area contributed by atoms with E-state index < -0.39 is 10.0 Å². The Morgan fingerprint density at radius 3 is 2.79 bits per heavy atom. The van der Waals surface area contributed by atoms with Gasteiger partial charge < -0.3 is 19.9 Å². The number of piperidine rings is 2. The maximum Gasteiger partial charge on any atom is 0.273 e. The van der Waals surface area contributed by atoms with E-state index in [1.165, 1.54) is 0 Å². The first-order chi connectivity index (χ1) is 14.0. The van der Waals surface area contributed by atoms with Crippen molar-refractivity contribution >= 4 is 15.9 Å². The van der Waals surface area contributed by atoms with Crippen LogP contribution in [0, 0.1) is 23.7 Å². The molecule has 4 heterocycles. The number of amides is 1. The molecule has 5 fully saturated rings. The lowest BCUT2D eigenvalue weighted by molar-refractivity contribution is -0.00228. The highest BCUT2D eigenvalue weighted by Crippen LogP contribution is 2.51. The zero-order valence-electron chi connectivity index (χ0n) is 16.1. The van der Waals surface area contributed by atoms with Crippen LogP contribution in [0.3, 0.4) is 0 Å². The molecule has 3 aliphatic heterocycles. The van der Waals surface area contributed by atoms with Gasteiger partial charge in [-0.05, 0) is 49.6 Å². The van der Waals surface area contributed by atoms with Crippen molar-refractivity contribution < 1.29 is 22.5 Å². The minimum absolute atomic E-state index is 0.00404. The van der Waals surface area contributed by atoms with Crippen molar-refractivity contribution in [3.8, 4) is 0 Å². The Morgan fingerprint density at radius 2 is 2.07 bits per heavy atom. The van der Waals surface area contributed by atoms with Gasteiger partial charge >= 0.3 is 0 Å². The van der Waals surface area contributed by atoms with Crippen LogP contribution in [-0.4, -0.2) is 74.5 Å². The van der Waals surface area contributed by atoms with E-state index in [1.54, 1.807) is 10.4 Å². The van der Waals surface area contributed by atoms with Gasteiger partial charge in [-0.2, -0.15) is 4.31 Å². The third-order valence-electron chi connectivity index (χ3n) is 7.50. The Kier molecular flexibility index (Phi) is 4.10. The maximum atomic E-state index is 12.9. The summed E-state index contributed by atoms with van der Waals surface area (Å²) in [5, 5.41) is 10.3. The average Bonchev–Trinajstić information content (AvgIpc) is 3.39. The van der Waals surface area contributed by atoms with Crippen LogP contribution in [0.2, 0.25) is 0 Å². The molecule has 0 bridgehead atoms. The molecule has 9 nitrogen and oxygen atoms in total. The van der Waals surface area contributed by atoms with Gasteiger partial charge in [0.1, 0.15) is 5.76 Å². The van der Waals surface area contributed by atoms with E-state index in [0.717, 1.165) is 19.5 Å². The number of sulfonamides is 1. The normalized spacial score (nSPS) is 38.8. The lowest BCUT2D eigenvalue weighted by atomic mass is 10.0. The molecule has 10 heteroatoms. The number of nitrogens with one attached hydrogen (secondary N) is 2. The molecule has 2 saturated carbocycles. The van der Waals surface area contributed by atoms with Crippen molar-refractivity contribution in [1.82, 2.24) is 20.1 Å². The summed E-state index contributed by atoms with van der Waals surface area (Å²) in [5.74, 6) is 2.55. The van der Waals surface area contributed by atoms with Gasteiger partial charge in [-0.15, -0.1) is 0 Å². The molecule has 158 valence electrons. The van der Waals surface area contributed by atoms with Crippen LogP contribution in [0.4, 0.5) is 0 Å². The Bertz CT molecular complexity index is 919. The third kappa shape index (κ3) is 3.11. The van der Waals surface area contributed by atoms with Gasteiger partial charge in [0.05, 0.1) is 24.9 Å². The fourth-order valence-electron chi connectivity index (χ4n) is 5.50. The SMILES string of the molecule is O=C(N[C@H]1CCN(S(=O)(=O)CC2C3CNCC32)[C@@H]2C[C@H]12)c1cc(C2COC2)on1. The Labute approximate surface area is 169 Å². The second-order valence-electron chi connectivity index (χ2n) is 9.22. The predicted octanol–water partition coefficient (Wildman–Crippen LogP) is -0.224. The Morgan fingerprint density at radius 1 is 1.28 bits per heavy atom. The largest absolute Gasteiger partial charge is 0.380 e. The summed E-state index contributed by atoms with van der Waals surface area (Å²) in [6, 6.07) is 1.72. The second-order valence-corrected chi connectivity index (χ2v) is 11.2. The summed E-state index contributed by atoms with van der Waals surface area (Å²) in [6.07, 6.45) is 1.47. The molecular weight excluding hydrogens is 396 g/mol. The monoisotopic (exact) mass is 422 g/mol. The van der Waals surface area contributed by atoms with Crippen LogP contribution in [0.15, 0.2) is 10.6 Å². The molecule has 2 N–H and O–H groups in total. The average molecular weight is 423 g/mol. The second kappa shape index (κ2) is 6.50. The van der Waals surface area contributed by atoms with Crippen molar-refractivity contribution in [1.29, 1.82) is 0 Å². The molecular formula is C19H26N4O5S. The fourth-order valence-corrected chi connectivity index (χ4v) is 7.71. The first-order valence-corrected chi connectivity index (χ1v) is 12.2. The number of fused-ring (bicyclic) bond motifs is 2. The molecule has 2 aliphatic carbocycles. The smallest absolute Gasteiger partial charge is 0.273 e. The molecule has 2 unspecified atom stereocenters. The fraction of sp³-hybridized carbons (Fsp3) is 0.789. The van der Waals surface area contributed by atoms with Crippen LogP contribution >= 0.6 is 0 Å². The van der Waals surface area contributed by atoms with Gasteiger partial charge in [0.25, 0.3) is 5.91 Å². The molecule has 1 amide bonds. The van der Waals surface area contributed by atoms with E-state index in [9.17, 15) is 13.2 Å². The summed E-state index contributed by atoms with van der Waals surface area (Å²) in [7, 11) is -3.22. The molecule has 29 heavy (non-hydrogen) atoms. The maximum absolute atomic E-state index is 12.9. The van der Waals surface area contributed by atoms with Gasteiger partial charge in [-0.3, -0.25) is 4.79 Å². The third-order valence-corrected chi connectivity index (χ3v) is 9.47. The number of hydrogen-bond acceptors (Lipinski definition) is 7. The number of nitrogens with zero attached hydrogens (tertiary/aromatic N) is 2. The first kappa shape index (κ1) is 18.3. The number of rotatable bonds is 6. The summed E-state index contributed by atoms with van der Waals surface area (Å²) in [6.45, 7) is 3.61. The van der Waals surface area contributed by atoms with Crippen LogP contribution < -0.4 is 10.6 Å². The van der Waals surface area contributed by atoms with E-state index in [-0.39, 0.29) is 41.3 Å².